The Labute approximate surface area is 105 Å². The smallest absolute Gasteiger partial charge is 0.325 e. The number of thioether (sulfide) groups is 1. The highest BCUT2D eigenvalue weighted by Crippen LogP contribution is 2.28. The van der Waals surface area contributed by atoms with Crippen molar-refractivity contribution in [2.75, 3.05) is 31.9 Å². The second kappa shape index (κ2) is 6.16. The van der Waals surface area contributed by atoms with Crippen LogP contribution < -0.4 is 4.90 Å². The van der Waals surface area contributed by atoms with Crippen LogP contribution in [-0.4, -0.2) is 32.9 Å². The molecule has 0 bridgehead atoms. The number of benzene rings is 1. The third-order valence-electron chi connectivity index (χ3n) is 2.34. The first-order chi connectivity index (χ1) is 8.13. The number of ether oxygens (including phenoxy) is 1. The molecule has 0 saturated heterocycles. The predicted octanol–water partition coefficient (Wildman–Crippen LogP) is 1.89. The van der Waals surface area contributed by atoms with Crippen LogP contribution in [-0.2, 0) is 9.53 Å². The molecule has 1 aromatic carbocycles. The van der Waals surface area contributed by atoms with Crippen molar-refractivity contribution in [2.45, 2.75) is 4.90 Å². The van der Waals surface area contributed by atoms with Gasteiger partial charge >= 0.3 is 5.97 Å². The minimum absolute atomic E-state index is 0.128. The van der Waals surface area contributed by atoms with Gasteiger partial charge in [-0.15, -0.1) is 11.8 Å². The number of rotatable bonds is 4. The maximum Gasteiger partial charge on any atom is 0.325 e. The zero-order valence-corrected chi connectivity index (χ0v) is 10.9. The highest BCUT2D eigenvalue weighted by atomic mass is 32.2. The summed E-state index contributed by atoms with van der Waals surface area (Å²) in [5.74, 6) is -0.328. The first-order valence-electron chi connectivity index (χ1n) is 4.99. The SMILES string of the molecule is COC(=O)CN(C)c1cccc(SC)c1C#N. The van der Waals surface area contributed by atoms with Crippen molar-refractivity contribution in [3.8, 4) is 6.07 Å². The van der Waals surface area contributed by atoms with Crippen LogP contribution in [0, 0.1) is 11.3 Å². The lowest BCUT2D eigenvalue weighted by Gasteiger charge is -2.19. The molecule has 0 aliphatic carbocycles. The van der Waals surface area contributed by atoms with Crippen molar-refractivity contribution >= 4 is 23.4 Å². The van der Waals surface area contributed by atoms with Crippen molar-refractivity contribution < 1.29 is 9.53 Å². The average molecular weight is 250 g/mol. The number of hydrogen-bond acceptors (Lipinski definition) is 5. The Bertz CT molecular complexity index is 454. The Morgan fingerprint density at radius 1 is 1.59 bits per heavy atom. The van der Waals surface area contributed by atoms with E-state index in [1.54, 1.807) is 11.9 Å². The first-order valence-corrected chi connectivity index (χ1v) is 6.21. The zero-order valence-electron chi connectivity index (χ0n) is 10.1. The molecule has 4 nitrogen and oxygen atoms in total. The fraction of sp³-hybridized carbons (Fsp3) is 0.333. The summed E-state index contributed by atoms with van der Waals surface area (Å²) < 4.78 is 4.60. The van der Waals surface area contributed by atoms with E-state index < -0.39 is 0 Å². The van der Waals surface area contributed by atoms with E-state index in [-0.39, 0.29) is 12.5 Å². The van der Waals surface area contributed by atoms with E-state index in [2.05, 4.69) is 10.8 Å². The molecule has 5 heteroatoms. The summed E-state index contributed by atoms with van der Waals surface area (Å²) in [6.45, 7) is 0.128. The molecule has 0 aromatic heterocycles. The molecule has 0 unspecified atom stereocenters. The number of carbonyl (C=O) groups is 1. The van der Waals surface area contributed by atoms with Crippen LogP contribution >= 0.6 is 11.8 Å². The monoisotopic (exact) mass is 250 g/mol. The standard InChI is InChI=1S/C12H14N2O2S/c1-14(8-12(15)16-2)10-5-4-6-11(17-3)9(10)7-13/h4-6H,8H2,1-3H3. The van der Waals surface area contributed by atoms with Crippen molar-refractivity contribution in [3.05, 3.63) is 23.8 Å². The van der Waals surface area contributed by atoms with Crippen LogP contribution in [0.25, 0.3) is 0 Å². The quantitative estimate of drug-likeness (QED) is 0.603. The van der Waals surface area contributed by atoms with Crippen LogP contribution in [0.1, 0.15) is 5.56 Å². The summed E-state index contributed by atoms with van der Waals surface area (Å²) >= 11 is 1.51. The fourth-order valence-corrected chi connectivity index (χ4v) is 2.03. The number of anilines is 1. The van der Waals surface area contributed by atoms with Gasteiger partial charge in [0.15, 0.2) is 0 Å². The number of hydrogen-bond donors (Lipinski definition) is 0. The van der Waals surface area contributed by atoms with Crippen LogP contribution in [0.3, 0.4) is 0 Å². The summed E-state index contributed by atoms with van der Waals surface area (Å²) in [5.41, 5.74) is 1.33. The average Bonchev–Trinajstić information content (AvgIpc) is 2.37. The van der Waals surface area contributed by atoms with Gasteiger partial charge in [-0.1, -0.05) is 6.07 Å². The number of methoxy groups -OCH3 is 1. The number of nitriles is 1. The number of nitrogens with zero attached hydrogens (tertiary/aromatic N) is 2. The molecule has 0 spiro atoms. The van der Waals surface area contributed by atoms with Crippen molar-refractivity contribution in [1.82, 2.24) is 0 Å². The minimum atomic E-state index is -0.328. The van der Waals surface area contributed by atoms with E-state index in [0.717, 1.165) is 10.6 Å². The first kappa shape index (κ1) is 13.4. The van der Waals surface area contributed by atoms with E-state index in [4.69, 9.17) is 5.26 Å². The number of carbonyl (C=O) groups excluding carboxylic acids is 1. The van der Waals surface area contributed by atoms with Gasteiger partial charge in [0.1, 0.15) is 12.6 Å². The van der Waals surface area contributed by atoms with E-state index in [1.165, 1.54) is 18.9 Å². The molecule has 0 N–H and O–H groups in total. The lowest BCUT2D eigenvalue weighted by atomic mass is 10.2. The van der Waals surface area contributed by atoms with Gasteiger partial charge in [-0.25, -0.2) is 0 Å². The molecule has 0 radical (unpaired) electrons. The van der Waals surface area contributed by atoms with Gasteiger partial charge in [-0.3, -0.25) is 4.79 Å². The number of esters is 1. The summed E-state index contributed by atoms with van der Waals surface area (Å²) in [6, 6.07) is 7.75. The second-order valence-electron chi connectivity index (χ2n) is 3.40. The van der Waals surface area contributed by atoms with Crippen molar-refractivity contribution in [3.63, 3.8) is 0 Å². The molecule has 0 aliphatic rings. The Balaban J connectivity index is 3.05. The molecule has 1 rings (SSSR count). The highest BCUT2D eigenvalue weighted by molar-refractivity contribution is 7.98. The highest BCUT2D eigenvalue weighted by Gasteiger charge is 2.13. The molecular weight excluding hydrogens is 236 g/mol. The third-order valence-corrected chi connectivity index (χ3v) is 3.12. The van der Waals surface area contributed by atoms with E-state index >= 15 is 0 Å². The van der Waals surface area contributed by atoms with Gasteiger partial charge in [-0.2, -0.15) is 5.26 Å². The molecule has 0 saturated carbocycles. The van der Waals surface area contributed by atoms with Gasteiger partial charge < -0.3 is 9.64 Å². The summed E-state index contributed by atoms with van der Waals surface area (Å²) in [4.78, 5) is 13.8. The van der Waals surface area contributed by atoms with Crippen LogP contribution in [0.5, 0.6) is 0 Å². The van der Waals surface area contributed by atoms with Crippen molar-refractivity contribution in [2.24, 2.45) is 0 Å². The molecule has 0 heterocycles. The normalized spacial score (nSPS) is 9.53. The molecule has 0 aliphatic heterocycles. The zero-order chi connectivity index (χ0) is 12.8. The molecule has 0 atom stereocenters. The Morgan fingerprint density at radius 2 is 2.29 bits per heavy atom. The molecule has 17 heavy (non-hydrogen) atoms. The van der Waals surface area contributed by atoms with Gasteiger partial charge in [-0.05, 0) is 18.4 Å². The van der Waals surface area contributed by atoms with E-state index in [9.17, 15) is 4.79 Å². The lowest BCUT2D eigenvalue weighted by Crippen LogP contribution is -2.27. The maximum atomic E-state index is 11.2. The Morgan fingerprint density at radius 3 is 2.82 bits per heavy atom. The second-order valence-corrected chi connectivity index (χ2v) is 4.25. The Kier molecular flexibility index (Phi) is 4.85. The number of likely N-dealkylation sites (N-methyl/N-ethyl adjacent to an activating group) is 1. The molecular formula is C12H14N2O2S. The third kappa shape index (κ3) is 3.14. The molecule has 90 valence electrons. The van der Waals surface area contributed by atoms with Gasteiger partial charge in [0.2, 0.25) is 0 Å². The van der Waals surface area contributed by atoms with Crippen LogP contribution in [0.15, 0.2) is 23.1 Å². The van der Waals surface area contributed by atoms with Crippen molar-refractivity contribution in [1.29, 1.82) is 5.26 Å². The predicted molar refractivity (Wildman–Crippen MR) is 68.2 cm³/mol. The molecule has 0 fully saturated rings. The molecule has 0 amide bonds. The maximum absolute atomic E-state index is 11.2. The lowest BCUT2D eigenvalue weighted by molar-refractivity contribution is -0.138. The molecule has 1 aromatic rings. The van der Waals surface area contributed by atoms with E-state index in [1.807, 2.05) is 24.5 Å². The largest absolute Gasteiger partial charge is 0.468 e. The topological polar surface area (TPSA) is 53.3 Å². The van der Waals surface area contributed by atoms with Gasteiger partial charge in [0.05, 0.1) is 18.4 Å². The summed E-state index contributed by atoms with van der Waals surface area (Å²) in [7, 11) is 3.11. The Hall–Kier alpha value is -1.67. The van der Waals surface area contributed by atoms with Gasteiger partial charge in [0, 0.05) is 11.9 Å². The van der Waals surface area contributed by atoms with E-state index in [0.29, 0.717) is 5.56 Å². The minimum Gasteiger partial charge on any atom is -0.468 e. The van der Waals surface area contributed by atoms with Crippen LogP contribution in [0.4, 0.5) is 5.69 Å². The van der Waals surface area contributed by atoms with Gasteiger partial charge in [0.25, 0.3) is 0 Å². The fourth-order valence-electron chi connectivity index (χ4n) is 1.46. The summed E-state index contributed by atoms with van der Waals surface area (Å²) in [6.07, 6.45) is 1.92. The van der Waals surface area contributed by atoms with Crippen LogP contribution in [0.2, 0.25) is 0 Å². The summed E-state index contributed by atoms with van der Waals surface area (Å²) in [5, 5.41) is 9.16.